The fourth-order valence-electron chi connectivity index (χ4n) is 4.49. The average molecular weight is 501 g/mol. The molecule has 1 aliphatic heterocycles. The number of piperazine rings is 1. The molecule has 4 aromatic rings. The molecule has 0 spiro atoms. The predicted octanol–water partition coefficient (Wildman–Crippen LogP) is 3.82. The molecule has 3 heterocycles. The number of anilines is 1. The highest BCUT2D eigenvalue weighted by Crippen LogP contribution is 2.26. The van der Waals surface area contributed by atoms with E-state index in [0.29, 0.717) is 16.7 Å². The summed E-state index contributed by atoms with van der Waals surface area (Å²) >= 11 is 0. The van der Waals surface area contributed by atoms with Gasteiger partial charge in [0.15, 0.2) is 17.2 Å². The molecule has 2 aromatic carbocycles. The molecule has 2 aromatic heterocycles. The first-order valence-electron chi connectivity index (χ1n) is 12.5. The molecule has 0 radical (unpaired) electrons. The number of likely N-dealkylation sites (N-methyl/N-ethyl adjacent to an activating group) is 1. The van der Waals surface area contributed by atoms with E-state index < -0.39 is 5.54 Å². The van der Waals surface area contributed by atoms with Crippen molar-refractivity contribution in [2.75, 3.05) is 38.5 Å². The number of aromatic amines is 1. The number of hydrogen-bond acceptors (Lipinski definition) is 6. The molecule has 1 saturated heterocycles. The van der Waals surface area contributed by atoms with Gasteiger partial charge in [-0.3, -0.25) is 19.6 Å². The lowest BCUT2D eigenvalue weighted by Crippen LogP contribution is -2.43. The zero-order valence-corrected chi connectivity index (χ0v) is 21.4. The summed E-state index contributed by atoms with van der Waals surface area (Å²) in [6.07, 6.45) is 0. The summed E-state index contributed by atoms with van der Waals surface area (Å²) < 4.78 is 5.80. The van der Waals surface area contributed by atoms with E-state index in [4.69, 9.17) is 4.42 Å². The Morgan fingerprint density at radius 2 is 1.70 bits per heavy atom. The van der Waals surface area contributed by atoms with E-state index in [2.05, 4.69) is 37.7 Å². The first kappa shape index (κ1) is 24.7. The van der Waals surface area contributed by atoms with Crippen LogP contribution >= 0.6 is 0 Å². The number of furan rings is 1. The molecule has 5 rings (SSSR count). The maximum Gasteiger partial charge on any atom is 0.287 e. The number of nitrogens with zero attached hydrogens (tertiary/aromatic N) is 3. The Hall–Kier alpha value is -3.95. The normalized spacial score (nSPS) is 15.1. The second-order valence-corrected chi connectivity index (χ2v) is 10.1. The summed E-state index contributed by atoms with van der Waals surface area (Å²) in [7, 11) is 2.14. The van der Waals surface area contributed by atoms with Gasteiger partial charge in [-0.15, -0.1) is 0 Å². The minimum Gasteiger partial charge on any atom is -0.445 e. The highest BCUT2D eigenvalue weighted by molar-refractivity contribution is 6.07. The molecular weight excluding hydrogens is 468 g/mol. The van der Waals surface area contributed by atoms with Crippen LogP contribution in [0.5, 0.6) is 0 Å². The van der Waals surface area contributed by atoms with Crippen LogP contribution in [0.2, 0.25) is 0 Å². The van der Waals surface area contributed by atoms with Crippen molar-refractivity contribution in [3.8, 4) is 0 Å². The smallest absolute Gasteiger partial charge is 0.287 e. The minimum absolute atomic E-state index is 0.136. The number of amides is 2. The minimum atomic E-state index is -0.593. The van der Waals surface area contributed by atoms with Crippen LogP contribution < -0.4 is 10.6 Å². The van der Waals surface area contributed by atoms with Crippen molar-refractivity contribution in [1.29, 1.82) is 0 Å². The van der Waals surface area contributed by atoms with E-state index >= 15 is 0 Å². The number of carbonyl (C=O) groups is 2. The predicted molar refractivity (Wildman–Crippen MR) is 142 cm³/mol. The van der Waals surface area contributed by atoms with Crippen molar-refractivity contribution < 1.29 is 14.0 Å². The fraction of sp³-hybridized carbons (Fsp3) is 0.321. The number of benzene rings is 2. The SMILES string of the molecule is CN1CCN(Cc2ccc(C(=O)Nc3n[nH]c4cc(C(=O)NC(C)(C)c5ccccc5)oc34)cc2)CC1. The lowest BCUT2D eigenvalue weighted by molar-refractivity contribution is 0.0885. The van der Waals surface area contributed by atoms with E-state index in [1.54, 1.807) is 6.07 Å². The largest absolute Gasteiger partial charge is 0.445 e. The Morgan fingerprint density at radius 3 is 2.41 bits per heavy atom. The molecule has 3 N–H and O–H groups in total. The van der Waals surface area contributed by atoms with Gasteiger partial charge in [-0.2, -0.15) is 5.10 Å². The highest BCUT2D eigenvalue weighted by Gasteiger charge is 2.26. The molecule has 37 heavy (non-hydrogen) atoms. The van der Waals surface area contributed by atoms with E-state index in [1.165, 1.54) is 5.56 Å². The van der Waals surface area contributed by atoms with Crippen molar-refractivity contribution in [3.05, 3.63) is 83.1 Å². The molecule has 9 heteroatoms. The van der Waals surface area contributed by atoms with E-state index in [0.717, 1.165) is 38.3 Å². The Kier molecular flexibility index (Phi) is 6.82. The third kappa shape index (κ3) is 5.58. The fourth-order valence-corrected chi connectivity index (χ4v) is 4.49. The van der Waals surface area contributed by atoms with Crippen molar-refractivity contribution in [3.63, 3.8) is 0 Å². The van der Waals surface area contributed by atoms with Gasteiger partial charge in [0.25, 0.3) is 11.8 Å². The molecule has 9 nitrogen and oxygen atoms in total. The van der Waals surface area contributed by atoms with Crippen LogP contribution in [0.15, 0.2) is 65.1 Å². The molecule has 1 fully saturated rings. The van der Waals surface area contributed by atoms with Gasteiger partial charge in [-0.1, -0.05) is 42.5 Å². The van der Waals surface area contributed by atoms with E-state index in [1.807, 2.05) is 68.4 Å². The molecule has 0 saturated carbocycles. The molecule has 0 atom stereocenters. The summed E-state index contributed by atoms with van der Waals surface area (Å²) in [6.45, 7) is 8.95. The van der Waals surface area contributed by atoms with Crippen molar-refractivity contribution in [2.24, 2.45) is 0 Å². The second kappa shape index (κ2) is 10.2. The number of nitrogens with one attached hydrogen (secondary N) is 3. The number of fused-ring (bicyclic) bond motifs is 1. The Labute approximate surface area is 215 Å². The maximum atomic E-state index is 12.9. The van der Waals surface area contributed by atoms with Gasteiger partial charge in [0, 0.05) is 44.4 Å². The van der Waals surface area contributed by atoms with Crippen LogP contribution in [-0.4, -0.2) is 65.0 Å². The topological polar surface area (TPSA) is 106 Å². The van der Waals surface area contributed by atoms with Gasteiger partial charge in [-0.25, -0.2) is 0 Å². The van der Waals surface area contributed by atoms with Gasteiger partial charge >= 0.3 is 0 Å². The lowest BCUT2D eigenvalue weighted by atomic mass is 9.94. The number of aromatic nitrogens is 2. The van der Waals surface area contributed by atoms with Gasteiger partial charge in [-0.05, 0) is 44.2 Å². The van der Waals surface area contributed by atoms with E-state index in [-0.39, 0.29) is 23.4 Å². The first-order valence-corrected chi connectivity index (χ1v) is 12.5. The summed E-state index contributed by atoms with van der Waals surface area (Å²) in [5, 5.41) is 12.8. The molecule has 0 aliphatic carbocycles. The molecule has 0 unspecified atom stereocenters. The Balaban J connectivity index is 1.23. The van der Waals surface area contributed by atoms with Gasteiger partial charge in [0.2, 0.25) is 0 Å². The Morgan fingerprint density at radius 1 is 1.00 bits per heavy atom. The molecule has 1 aliphatic rings. The van der Waals surface area contributed by atoms with Crippen LogP contribution in [0.4, 0.5) is 5.82 Å². The quantitative estimate of drug-likeness (QED) is 0.356. The molecule has 0 bridgehead atoms. The summed E-state index contributed by atoms with van der Waals surface area (Å²) in [4.78, 5) is 30.5. The van der Waals surface area contributed by atoms with Crippen LogP contribution in [0, 0.1) is 0 Å². The van der Waals surface area contributed by atoms with E-state index in [9.17, 15) is 9.59 Å². The van der Waals surface area contributed by atoms with Gasteiger partial charge in [0.05, 0.1) is 5.54 Å². The van der Waals surface area contributed by atoms with Crippen molar-refractivity contribution in [1.82, 2.24) is 25.3 Å². The van der Waals surface area contributed by atoms with Crippen molar-refractivity contribution in [2.45, 2.75) is 25.9 Å². The monoisotopic (exact) mass is 500 g/mol. The van der Waals surface area contributed by atoms with Crippen LogP contribution in [0.3, 0.4) is 0 Å². The average Bonchev–Trinajstić information content (AvgIpc) is 3.48. The van der Waals surface area contributed by atoms with Crippen LogP contribution in [0.25, 0.3) is 11.1 Å². The second-order valence-electron chi connectivity index (χ2n) is 10.1. The first-order chi connectivity index (χ1) is 17.8. The molecule has 2 amide bonds. The Bertz CT molecular complexity index is 1380. The number of H-pyrrole nitrogens is 1. The zero-order chi connectivity index (χ0) is 26.0. The third-order valence-corrected chi connectivity index (χ3v) is 6.83. The third-order valence-electron chi connectivity index (χ3n) is 6.83. The van der Waals surface area contributed by atoms with Crippen LogP contribution in [-0.2, 0) is 12.1 Å². The van der Waals surface area contributed by atoms with Crippen molar-refractivity contribution >= 4 is 28.7 Å². The number of rotatable bonds is 7. The number of carbonyl (C=O) groups excluding carboxylic acids is 2. The lowest BCUT2D eigenvalue weighted by Gasteiger charge is -2.32. The highest BCUT2D eigenvalue weighted by atomic mass is 16.3. The zero-order valence-electron chi connectivity index (χ0n) is 21.4. The molecular formula is C28H32N6O3. The molecule has 192 valence electrons. The number of hydrogen-bond donors (Lipinski definition) is 3. The standard InChI is InChI=1S/C28H32N6O3/c1-28(2,21-7-5-4-6-8-21)30-27(36)23-17-22-24(37-23)25(32-31-22)29-26(35)20-11-9-19(10-12-20)18-34-15-13-33(3)14-16-34/h4-12,17H,13-16,18H2,1-3H3,(H,30,36)(H2,29,31,32,35). The summed E-state index contributed by atoms with van der Waals surface area (Å²) in [5.41, 5.74) is 2.92. The summed E-state index contributed by atoms with van der Waals surface area (Å²) in [5.74, 6) is -0.280. The maximum absolute atomic E-state index is 12.9. The van der Waals surface area contributed by atoms with Gasteiger partial charge in [0.1, 0.15) is 5.52 Å². The van der Waals surface area contributed by atoms with Gasteiger partial charge < -0.3 is 20.0 Å². The van der Waals surface area contributed by atoms with Crippen LogP contribution in [0.1, 0.15) is 45.9 Å². The summed E-state index contributed by atoms with van der Waals surface area (Å²) in [6, 6.07) is 18.9.